The van der Waals surface area contributed by atoms with Crippen molar-refractivity contribution in [3.8, 4) is 0 Å². The molecule has 2 rings (SSSR count). The summed E-state index contributed by atoms with van der Waals surface area (Å²) in [6, 6.07) is 1.85. The van der Waals surface area contributed by atoms with E-state index >= 15 is 0 Å². The van der Waals surface area contributed by atoms with Crippen LogP contribution in [-0.4, -0.2) is 28.8 Å². The van der Waals surface area contributed by atoms with Crippen LogP contribution in [0.1, 0.15) is 32.3 Å². The van der Waals surface area contributed by atoms with Gasteiger partial charge in [0.25, 0.3) is 0 Å². The van der Waals surface area contributed by atoms with Gasteiger partial charge in [-0.05, 0) is 38.3 Å². The maximum atomic E-state index is 11.7. The third-order valence-corrected chi connectivity index (χ3v) is 3.39. The molecule has 2 amide bonds. The standard InChI is InChI=1S/C14H23N3O2/c1-14(2)6-4-12(19-14)9-16-13(18)15-8-11-5-7-17(3)10-11/h5,7,10,12H,4,6,8-9H2,1-3H3,(H2,15,16,18). The number of hydrogen-bond donors (Lipinski definition) is 2. The van der Waals surface area contributed by atoms with Gasteiger partial charge in [0, 0.05) is 32.5 Å². The van der Waals surface area contributed by atoms with Crippen LogP contribution in [0.2, 0.25) is 0 Å². The van der Waals surface area contributed by atoms with E-state index in [4.69, 9.17) is 4.74 Å². The lowest BCUT2D eigenvalue weighted by atomic mass is 10.1. The molecule has 0 radical (unpaired) electrons. The number of nitrogens with one attached hydrogen (secondary N) is 2. The molecule has 1 unspecified atom stereocenters. The Morgan fingerprint density at radius 1 is 1.53 bits per heavy atom. The third-order valence-electron chi connectivity index (χ3n) is 3.39. The maximum absolute atomic E-state index is 11.7. The highest BCUT2D eigenvalue weighted by atomic mass is 16.5. The minimum absolute atomic E-state index is 0.0487. The van der Waals surface area contributed by atoms with Gasteiger partial charge in [0.05, 0.1) is 11.7 Å². The zero-order valence-electron chi connectivity index (χ0n) is 11.9. The van der Waals surface area contributed by atoms with Gasteiger partial charge >= 0.3 is 6.03 Å². The predicted octanol–water partition coefficient (Wildman–Crippen LogP) is 1.78. The Balaban J connectivity index is 1.65. The molecule has 0 bridgehead atoms. The number of ether oxygens (including phenoxy) is 1. The predicted molar refractivity (Wildman–Crippen MR) is 73.8 cm³/mol. The second kappa shape index (κ2) is 5.65. The van der Waals surface area contributed by atoms with Crippen molar-refractivity contribution in [1.82, 2.24) is 15.2 Å². The summed E-state index contributed by atoms with van der Waals surface area (Å²) in [5.74, 6) is 0. The molecule has 0 spiro atoms. The van der Waals surface area contributed by atoms with Crippen molar-refractivity contribution in [3.05, 3.63) is 24.0 Å². The van der Waals surface area contributed by atoms with Crippen molar-refractivity contribution in [3.63, 3.8) is 0 Å². The molecule has 106 valence electrons. The van der Waals surface area contributed by atoms with Crippen molar-refractivity contribution in [2.75, 3.05) is 6.54 Å². The Kier molecular flexibility index (Phi) is 4.14. The number of aromatic nitrogens is 1. The number of rotatable bonds is 4. The zero-order valence-corrected chi connectivity index (χ0v) is 11.9. The SMILES string of the molecule is Cn1ccc(CNC(=O)NCC2CCC(C)(C)O2)c1. The first-order valence-electron chi connectivity index (χ1n) is 6.75. The lowest BCUT2D eigenvalue weighted by molar-refractivity contribution is -0.0131. The number of nitrogens with zero attached hydrogens (tertiary/aromatic N) is 1. The molecule has 0 aromatic carbocycles. The van der Waals surface area contributed by atoms with Gasteiger partial charge < -0.3 is 19.9 Å². The lowest BCUT2D eigenvalue weighted by Gasteiger charge is -2.19. The number of aryl methyl sites for hydroxylation is 1. The van der Waals surface area contributed by atoms with Crippen LogP contribution in [0.4, 0.5) is 4.79 Å². The summed E-state index contributed by atoms with van der Waals surface area (Å²) in [6.07, 6.45) is 6.14. The summed E-state index contributed by atoms with van der Waals surface area (Å²) in [7, 11) is 1.96. The fraction of sp³-hybridized carbons (Fsp3) is 0.643. The molecular formula is C14H23N3O2. The highest BCUT2D eigenvalue weighted by Crippen LogP contribution is 2.28. The molecule has 1 aliphatic heterocycles. The van der Waals surface area contributed by atoms with E-state index in [0.717, 1.165) is 18.4 Å². The molecule has 19 heavy (non-hydrogen) atoms. The van der Waals surface area contributed by atoms with Crippen LogP contribution in [-0.2, 0) is 18.3 Å². The van der Waals surface area contributed by atoms with E-state index in [1.54, 1.807) is 0 Å². The molecule has 1 aromatic rings. The smallest absolute Gasteiger partial charge is 0.315 e. The molecule has 1 aliphatic rings. The molecule has 5 nitrogen and oxygen atoms in total. The van der Waals surface area contributed by atoms with Crippen molar-refractivity contribution in [2.45, 2.75) is 44.9 Å². The quantitative estimate of drug-likeness (QED) is 0.872. The molecule has 0 aliphatic carbocycles. The summed E-state index contributed by atoms with van der Waals surface area (Å²) in [5.41, 5.74) is 1.04. The van der Waals surface area contributed by atoms with Crippen LogP contribution in [0, 0.1) is 0 Å². The Morgan fingerprint density at radius 3 is 2.89 bits per heavy atom. The summed E-state index contributed by atoms with van der Waals surface area (Å²) in [6.45, 7) is 5.29. The van der Waals surface area contributed by atoms with E-state index in [1.807, 2.05) is 30.1 Å². The van der Waals surface area contributed by atoms with Crippen molar-refractivity contribution >= 4 is 6.03 Å². The van der Waals surface area contributed by atoms with E-state index in [2.05, 4.69) is 24.5 Å². The van der Waals surface area contributed by atoms with Crippen LogP contribution >= 0.6 is 0 Å². The molecule has 0 saturated carbocycles. The first kappa shape index (κ1) is 13.9. The highest BCUT2D eigenvalue weighted by Gasteiger charge is 2.31. The summed E-state index contributed by atoms with van der Waals surface area (Å²) in [5, 5.41) is 5.70. The van der Waals surface area contributed by atoms with Gasteiger partial charge in [0.2, 0.25) is 0 Å². The summed E-state index contributed by atoms with van der Waals surface area (Å²) >= 11 is 0. The van der Waals surface area contributed by atoms with Gasteiger partial charge in [-0.1, -0.05) is 0 Å². The molecule has 1 aromatic heterocycles. The van der Waals surface area contributed by atoms with Crippen LogP contribution < -0.4 is 10.6 Å². The van der Waals surface area contributed by atoms with Gasteiger partial charge in [-0.15, -0.1) is 0 Å². The first-order chi connectivity index (χ1) is 8.94. The van der Waals surface area contributed by atoms with Gasteiger partial charge in [0.1, 0.15) is 0 Å². The third kappa shape index (κ3) is 4.28. The summed E-state index contributed by atoms with van der Waals surface area (Å²) in [4.78, 5) is 11.7. The average Bonchev–Trinajstić information content (AvgIpc) is 2.90. The van der Waals surface area contributed by atoms with Gasteiger partial charge in [-0.2, -0.15) is 0 Å². The number of urea groups is 1. The van der Waals surface area contributed by atoms with E-state index in [-0.39, 0.29) is 17.7 Å². The molecule has 1 atom stereocenters. The van der Waals surface area contributed by atoms with Gasteiger partial charge in [0.15, 0.2) is 0 Å². The topological polar surface area (TPSA) is 55.3 Å². The average molecular weight is 265 g/mol. The molecular weight excluding hydrogens is 242 g/mol. The lowest BCUT2D eigenvalue weighted by Crippen LogP contribution is -2.39. The van der Waals surface area contributed by atoms with Crippen LogP contribution in [0.15, 0.2) is 18.5 Å². The fourth-order valence-electron chi connectivity index (χ4n) is 2.34. The molecule has 1 fully saturated rings. The molecule has 2 N–H and O–H groups in total. The highest BCUT2D eigenvalue weighted by molar-refractivity contribution is 5.73. The first-order valence-corrected chi connectivity index (χ1v) is 6.75. The Bertz CT molecular complexity index is 440. The van der Waals surface area contributed by atoms with Crippen molar-refractivity contribution < 1.29 is 9.53 Å². The van der Waals surface area contributed by atoms with E-state index < -0.39 is 0 Å². The molecule has 5 heteroatoms. The van der Waals surface area contributed by atoms with E-state index in [0.29, 0.717) is 13.1 Å². The van der Waals surface area contributed by atoms with Crippen molar-refractivity contribution in [1.29, 1.82) is 0 Å². The zero-order chi connectivity index (χ0) is 13.9. The van der Waals surface area contributed by atoms with E-state index in [9.17, 15) is 4.79 Å². The van der Waals surface area contributed by atoms with Crippen LogP contribution in [0.25, 0.3) is 0 Å². The normalized spacial score (nSPS) is 21.3. The molecule has 1 saturated heterocycles. The second-order valence-corrected chi connectivity index (χ2v) is 5.79. The second-order valence-electron chi connectivity index (χ2n) is 5.79. The Morgan fingerprint density at radius 2 is 2.32 bits per heavy atom. The largest absolute Gasteiger partial charge is 0.371 e. The Hall–Kier alpha value is -1.49. The monoisotopic (exact) mass is 265 g/mol. The van der Waals surface area contributed by atoms with Crippen LogP contribution in [0.3, 0.4) is 0 Å². The number of carbonyl (C=O) groups excluding carboxylic acids is 1. The van der Waals surface area contributed by atoms with Gasteiger partial charge in [-0.3, -0.25) is 0 Å². The maximum Gasteiger partial charge on any atom is 0.315 e. The minimum Gasteiger partial charge on any atom is -0.371 e. The molecule has 2 heterocycles. The number of carbonyl (C=O) groups is 1. The summed E-state index contributed by atoms with van der Waals surface area (Å²) < 4.78 is 7.78. The minimum atomic E-state index is -0.142. The Labute approximate surface area is 114 Å². The number of hydrogen-bond acceptors (Lipinski definition) is 2. The number of amides is 2. The van der Waals surface area contributed by atoms with Gasteiger partial charge in [-0.25, -0.2) is 4.79 Å². The fourth-order valence-corrected chi connectivity index (χ4v) is 2.34. The van der Waals surface area contributed by atoms with Crippen molar-refractivity contribution in [2.24, 2.45) is 7.05 Å². The van der Waals surface area contributed by atoms with E-state index in [1.165, 1.54) is 0 Å². The van der Waals surface area contributed by atoms with Crippen LogP contribution in [0.5, 0.6) is 0 Å².